The summed E-state index contributed by atoms with van der Waals surface area (Å²) in [7, 11) is 0. The minimum Gasteiger partial charge on any atom is -0.335 e. The van der Waals surface area contributed by atoms with Crippen molar-refractivity contribution in [2.45, 2.75) is 6.92 Å². The number of halogens is 1. The Labute approximate surface area is 132 Å². The molecule has 1 N–H and O–H groups in total. The van der Waals surface area contributed by atoms with E-state index < -0.39 is 5.82 Å². The number of hydrogen-bond donors (Lipinski definition) is 1. The lowest BCUT2D eigenvalue weighted by Gasteiger charge is -2.34. The lowest BCUT2D eigenvalue weighted by Crippen LogP contribution is -2.50. The molecule has 1 aliphatic heterocycles. The number of nitrogens with zero attached hydrogens (tertiary/aromatic N) is 4. The summed E-state index contributed by atoms with van der Waals surface area (Å²) in [5.41, 5.74) is 1.08. The quantitative estimate of drug-likeness (QED) is 0.890. The SMILES string of the molecule is Cc1ccc(C(=O)N2CCN(C(=O)c3cn[nH]n3)CC2)cc1F. The minimum atomic E-state index is -0.393. The third kappa shape index (κ3) is 3.05. The fourth-order valence-corrected chi connectivity index (χ4v) is 2.49. The Morgan fingerprint density at radius 2 is 1.78 bits per heavy atom. The number of amides is 2. The van der Waals surface area contributed by atoms with Gasteiger partial charge in [-0.3, -0.25) is 9.59 Å². The van der Waals surface area contributed by atoms with Crippen LogP contribution >= 0.6 is 0 Å². The largest absolute Gasteiger partial charge is 0.335 e. The average molecular weight is 317 g/mol. The molecule has 0 atom stereocenters. The number of H-pyrrole nitrogens is 1. The average Bonchev–Trinajstić information content (AvgIpc) is 3.11. The molecule has 1 saturated heterocycles. The summed E-state index contributed by atoms with van der Waals surface area (Å²) in [6.07, 6.45) is 1.37. The molecule has 120 valence electrons. The first-order chi connectivity index (χ1) is 11.1. The molecule has 0 spiro atoms. The van der Waals surface area contributed by atoms with Gasteiger partial charge in [0.05, 0.1) is 6.20 Å². The third-order valence-corrected chi connectivity index (χ3v) is 3.91. The molecule has 7 nitrogen and oxygen atoms in total. The van der Waals surface area contributed by atoms with Crippen molar-refractivity contribution in [3.8, 4) is 0 Å². The summed E-state index contributed by atoms with van der Waals surface area (Å²) in [6.45, 7) is 3.27. The van der Waals surface area contributed by atoms with Crippen molar-refractivity contribution in [3.63, 3.8) is 0 Å². The van der Waals surface area contributed by atoms with Crippen LogP contribution in [0.5, 0.6) is 0 Å². The number of nitrogens with one attached hydrogen (secondary N) is 1. The van der Waals surface area contributed by atoms with Crippen LogP contribution in [-0.4, -0.2) is 63.2 Å². The lowest BCUT2D eigenvalue weighted by molar-refractivity contribution is 0.0532. The van der Waals surface area contributed by atoms with E-state index in [-0.39, 0.29) is 17.5 Å². The summed E-state index contributed by atoms with van der Waals surface area (Å²) in [5, 5.41) is 9.77. The number of aryl methyl sites for hydroxylation is 1. The number of carbonyl (C=O) groups excluding carboxylic acids is 2. The van der Waals surface area contributed by atoms with Gasteiger partial charge >= 0.3 is 0 Å². The molecule has 1 aliphatic rings. The molecule has 2 aromatic rings. The smallest absolute Gasteiger partial charge is 0.276 e. The fourth-order valence-electron chi connectivity index (χ4n) is 2.49. The molecule has 23 heavy (non-hydrogen) atoms. The maximum absolute atomic E-state index is 13.6. The van der Waals surface area contributed by atoms with Gasteiger partial charge in [0.25, 0.3) is 11.8 Å². The second-order valence-corrected chi connectivity index (χ2v) is 5.40. The second-order valence-electron chi connectivity index (χ2n) is 5.40. The summed E-state index contributed by atoms with van der Waals surface area (Å²) in [4.78, 5) is 27.8. The maximum atomic E-state index is 13.6. The number of carbonyl (C=O) groups is 2. The highest BCUT2D eigenvalue weighted by Crippen LogP contribution is 2.14. The van der Waals surface area contributed by atoms with Crippen molar-refractivity contribution in [1.82, 2.24) is 25.2 Å². The van der Waals surface area contributed by atoms with E-state index in [0.717, 1.165) is 0 Å². The van der Waals surface area contributed by atoms with Gasteiger partial charge in [0.2, 0.25) is 0 Å². The van der Waals surface area contributed by atoms with Crippen LogP contribution in [0.3, 0.4) is 0 Å². The number of aromatic amines is 1. The van der Waals surface area contributed by atoms with Crippen LogP contribution in [0.25, 0.3) is 0 Å². The van der Waals surface area contributed by atoms with Gasteiger partial charge in [-0.15, -0.1) is 0 Å². The lowest BCUT2D eigenvalue weighted by atomic mass is 10.1. The Morgan fingerprint density at radius 1 is 1.13 bits per heavy atom. The molecule has 0 aliphatic carbocycles. The van der Waals surface area contributed by atoms with Crippen LogP contribution in [0.2, 0.25) is 0 Å². The van der Waals surface area contributed by atoms with E-state index in [0.29, 0.717) is 37.3 Å². The third-order valence-electron chi connectivity index (χ3n) is 3.91. The highest BCUT2D eigenvalue weighted by atomic mass is 19.1. The van der Waals surface area contributed by atoms with Gasteiger partial charge in [-0.05, 0) is 24.6 Å². The number of benzene rings is 1. The van der Waals surface area contributed by atoms with Gasteiger partial charge in [-0.2, -0.15) is 15.4 Å². The highest BCUT2D eigenvalue weighted by Gasteiger charge is 2.26. The first kappa shape index (κ1) is 15.1. The van der Waals surface area contributed by atoms with Gasteiger partial charge in [0.15, 0.2) is 5.69 Å². The molecule has 0 radical (unpaired) electrons. The van der Waals surface area contributed by atoms with E-state index in [4.69, 9.17) is 0 Å². The van der Waals surface area contributed by atoms with Crippen molar-refractivity contribution in [2.24, 2.45) is 0 Å². The second kappa shape index (κ2) is 6.15. The minimum absolute atomic E-state index is 0.216. The summed E-state index contributed by atoms with van der Waals surface area (Å²) in [6, 6.07) is 4.46. The number of hydrogen-bond acceptors (Lipinski definition) is 4. The van der Waals surface area contributed by atoms with Crippen molar-refractivity contribution in [3.05, 3.63) is 47.0 Å². The predicted octanol–water partition coefficient (Wildman–Crippen LogP) is 0.850. The molecule has 0 saturated carbocycles. The van der Waals surface area contributed by atoms with Crippen molar-refractivity contribution < 1.29 is 14.0 Å². The molecule has 8 heteroatoms. The van der Waals surface area contributed by atoms with Crippen LogP contribution in [0.15, 0.2) is 24.4 Å². The summed E-state index contributed by atoms with van der Waals surface area (Å²) >= 11 is 0. The van der Waals surface area contributed by atoms with Crippen LogP contribution in [0.4, 0.5) is 4.39 Å². The standard InChI is InChI=1S/C15H16FN5O2/c1-10-2-3-11(8-12(10)16)14(22)20-4-6-21(7-5-20)15(23)13-9-17-19-18-13/h2-3,8-9H,4-7H2,1H3,(H,17,18,19). The first-order valence-corrected chi connectivity index (χ1v) is 7.27. The van der Waals surface area contributed by atoms with Crippen LogP contribution in [0, 0.1) is 12.7 Å². The molecule has 1 aromatic carbocycles. The van der Waals surface area contributed by atoms with Crippen molar-refractivity contribution >= 4 is 11.8 Å². The molecule has 2 amide bonds. The van der Waals surface area contributed by atoms with Crippen LogP contribution in [-0.2, 0) is 0 Å². The monoisotopic (exact) mass is 317 g/mol. The fraction of sp³-hybridized carbons (Fsp3) is 0.333. The molecule has 0 bridgehead atoms. The zero-order valence-electron chi connectivity index (χ0n) is 12.6. The Bertz CT molecular complexity index is 723. The zero-order chi connectivity index (χ0) is 16.4. The number of piperazine rings is 1. The van der Waals surface area contributed by atoms with E-state index in [1.807, 2.05) is 0 Å². The van der Waals surface area contributed by atoms with Gasteiger partial charge in [-0.1, -0.05) is 6.07 Å². The molecular formula is C15H16FN5O2. The van der Waals surface area contributed by atoms with Crippen LogP contribution < -0.4 is 0 Å². The zero-order valence-corrected chi connectivity index (χ0v) is 12.6. The van der Waals surface area contributed by atoms with E-state index in [9.17, 15) is 14.0 Å². The number of rotatable bonds is 2. The Balaban J connectivity index is 1.63. The Morgan fingerprint density at radius 3 is 2.35 bits per heavy atom. The predicted molar refractivity (Wildman–Crippen MR) is 79.3 cm³/mol. The normalized spacial score (nSPS) is 14.9. The van der Waals surface area contributed by atoms with E-state index in [1.54, 1.807) is 28.9 Å². The van der Waals surface area contributed by atoms with Crippen molar-refractivity contribution in [2.75, 3.05) is 26.2 Å². The van der Waals surface area contributed by atoms with Gasteiger partial charge in [0, 0.05) is 31.7 Å². The van der Waals surface area contributed by atoms with Gasteiger partial charge in [-0.25, -0.2) is 4.39 Å². The van der Waals surface area contributed by atoms with Crippen LogP contribution in [0.1, 0.15) is 26.4 Å². The highest BCUT2D eigenvalue weighted by molar-refractivity contribution is 5.95. The summed E-state index contributed by atoms with van der Waals surface area (Å²) < 4.78 is 13.6. The van der Waals surface area contributed by atoms with E-state index in [1.165, 1.54) is 12.3 Å². The molecule has 2 heterocycles. The van der Waals surface area contributed by atoms with Gasteiger partial charge < -0.3 is 9.80 Å². The number of aromatic nitrogens is 3. The van der Waals surface area contributed by atoms with Crippen molar-refractivity contribution in [1.29, 1.82) is 0 Å². The van der Waals surface area contributed by atoms with Gasteiger partial charge in [0.1, 0.15) is 5.82 Å². The Kier molecular flexibility index (Phi) is 4.05. The Hall–Kier alpha value is -2.77. The molecule has 0 unspecified atom stereocenters. The topological polar surface area (TPSA) is 82.2 Å². The van der Waals surface area contributed by atoms with E-state index in [2.05, 4.69) is 15.4 Å². The molecular weight excluding hydrogens is 301 g/mol. The van der Waals surface area contributed by atoms with E-state index >= 15 is 0 Å². The summed E-state index contributed by atoms with van der Waals surface area (Å²) in [5.74, 6) is -0.833. The molecule has 1 aromatic heterocycles. The first-order valence-electron chi connectivity index (χ1n) is 7.27. The molecule has 3 rings (SSSR count). The maximum Gasteiger partial charge on any atom is 0.276 e. The molecule has 1 fully saturated rings.